The standard InChI is InChI=1S/C23H33N5OS/c1-17(2)29-20-6-7-22(30)21(15-20)28(24)19-8-9-25-23(14-19)27-12-10-26(11-13-27)16-18-4-3-5-18/h6-9,14-15,17-18,30H,3-5,10-13,16,24H2,1-2H3. The van der Waals surface area contributed by atoms with Gasteiger partial charge in [0.05, 0.1) is 17.5 Å². The number of nitrogens with two attached hydrogens (primary N) is 1. The lowest BCUT2D eigenvalue weighted by molar-refractivity contribution is 0.170. The summed E-state index contributed by atoms with van der Waals surface area (Å²) in [6.07, 6.45) is 6.17. The topological polar surface area (TPSA) is 57.9 Å². The molecule has 1 saturated carbocycles. The molecule has 4 rings (SSSR count). The first-order chi connectivity index (χ1) is 14.5. The number of ether oxygens (including phenoxy) is 1. The fourth-order valence-electron chi connectivity index (χ4n) is 4.11. The Morgan fingerprint density at radius 3 is 2.60 bits per heavy atom. The Hall–Kier alpha value is -1.96. The minimum Gasteiger partial charge on any atom is -0.491 e. The Balaban J connectivity index is 1.44. The molecular formula is C23H33N5OS. The van der Waals surface area contributed by atoms with Crippen LogP contribution in [0, 0.1) is 5.92 Å². The molecule has 1 aliphatic heterocycles. The Labute approximate surface area is 185 Å². The maximum atomic E-state index is 6.49. The number of pyridine rings is 1. The van der Waals surface area contributed by atoms with E-state index in [4.69, 9.17) is 10.6 Å². The molecule has 2 aliphatic rings. The monoisotopic (exact) mass is 427 g/mol. The second-order valence-electron chi connectivity index (χ2n) is 8.64. The Morgan fingerprint density at radius 1 is 1.17 bits per heavy atom. The van der Waals surface area contributed by atoms with Crippen molar-refractivity contribution in [3.63, 3.8) is 0 Å². The molecule has 6 nitrogen and oxygen atoms in total. The van der Waals surface area contributed by atoms with E-state index in [1.807, 2.05) is 44.3 Å². The maximum Gasteiger partial charge on any atom is 0.130 e. The number of hydrogen-bond acceptors (Lipinski definition) is 7. The van der Waals surface area contributed by atoms with Gasteiger partial charge >= 0.3 is 0 Å². The third-order valence-corrected chi connectivity index (χ3v) is 6.40. The average Bonchev–Trinajstić information content (AvgIpc) is 2.72. The van der Waals surface area contributed by atoms with Crippen molar-refractivity contribution in [2.45, 2.75) is 44.1 Å². The molecule has 0 radical (unpaired) electrons. The van der Waals surface area contributed by atoms with Crippen molar-refractivity contribution in [2.75, 3.05) is 42.6 Å². The van der Waals surface area contributed by atoms with Gasteiger partial charge in [0.25, 0.3) is 0 Å². The van der Waals surface area contributed by atoms with Crippen LogP contribution >= 0.6 is 12.6 Å². The molecule has 1 saturated heterocycles. The number of nitrogens with zero attached hydrogens (tertiary/aromatic N) is 4. The summed E-state index contributed by atoms with van der Waals surface area (Å²) in [6, 6.07) is 9.76. The SMILES string of the molecule is CC(C)Oc1ccc(S)c(N(N)c2ccnc(N3CCN(CC4CCC4)CC3)c2)c1. The number of hydrazine groups is 1. The van der Waals surface area contributed by atoms with E-state index in [9.17, 15) is 0 Å². The molecule has 0 spiro atoms. The maximum absolute atomic E-state index is 6.49. The van der Waals surface area contributed by atoms with E-state index in [0.717, 1.165) is 59.9 Å². The van der Waals surface area contributed by atoms with Crippen LogP contribution in [-0.4, -0.2) is 48.7 Å². The van der Waals surface area contributed by atoms with Gasteiger partial charge in [0.1, 0.15) is 11.6 Å². The Morgan fingerprint density at radius 2 is 1.93 bits per heavy atom. The van der Waals surface area contributed by atoms with E-state index in [2.05, 4.69) is 33.5 Å². The molecular weight excluding hydrogens is 394 g/mol. The molecule has 0 bridgehead atoms. The molecule has 7 heteroatoms. The van der Waals surface area contributed by atoms with Crippen LogP contribution in [0.15, 0.2) is 41.4 Å². The summed E-state index contributed by atoms with van der Waals surface area (Å²) in [5.41, 5.74) is 1.69. The van der Waals surface area contributed by atoms with E-state index < -0.39 is 0 Å². The highest BCUT2D eigenvalue weighted by Crippen LogP contribution is 2.33. The molecule has 2 N–H and O–H groups in total. The van der Waals surface area contributed by atoms with Crippen LogP contribution in [0.25, 0.3) is 0 Å². The minimum absolute atomic E-state index is 0.102. The largest absolute Gasteiger partial charge is 0.491 e. The van der Waals surface area contributed by atoms with Crippen molar-refractivity contribution in [1.82, 2.24) is 9.88 Å². The lowest BCUT2D eigenvalue weighted by Crippen LogP contribution is -2.48. The highest BCUT2D eigenvalue weighted by molar-refractivity contribution is 7.80. The van der Waals surface area contributed by atoms with Crippen molar-refractivity contribution in [3.8, 4) is 5.75 Å². The third-order valence-electron chi connectivity index (χ3n) is 6.02. The zero-order chi connectivity index (χ0) is 21.1. The smallest absolute Gasteiger partial charge is 0.130 e. The molecule has 1 aliphatic carbocycles. The summed E-state index contributed by atoms with van der Waals surface area (Å²) < 4.78 is 5.82. The van der Waals surface area contributed by atoms with E-state index in [1.165, 1.54) is 25.8 Å². The van der Waals surface area contributed by atoms with E-state index in [1.54, 1.807) is 5.01 Å². The molecule has 1 aromatic carbocycles. The van der Waals surface area contributed by atoms with Crippen LogP contribution in [0.3, 0.4) is 0 Å². The summed E-state index contributed by atoms with van der Waals surface area (Å²) in [5.74, 6) is 9.17. The molecule has 30 heavy (non-hydrogen) atoms. The Kier molecular flexibility index (Phi) is 6.71. The van der Waals surface area contributed by atoms with Gasteiger partial charge in [-0.2, -0.15) is 0 Å². The van der Waals surface area contributed by atoms with Gasteiger partial charge in [-0.3, -0.25) is 9.91 Å². The van der Waals surface area contributed by atoms with Crippen LogP contribution in [0.5, 0.6) is 5.75 Å². The van der Waals surface area contributed by atoms with Gasteiger partial charge in [0.15, 0.2) is 0 Å². The number of aromatic nitrogens is 1. The van der Waals surface area contributed by atoms with Gasteiger partial charge in [0, 0.05) is 55.9 Å². The van der Waals surface area contributed by atoms with Crippen molar-refractivity contribution in [2.24, 2.45) is 11.8 Å². The molecule has 162 valence electrons. The predicted molar refractivity (Wildman–Crippen MR) is 126 cm³/mol. The molecule has 2 heterocycles. The number of anilines is 3. The summed E-state index contributed by atoms with van der Waals surface area (Å²) in [6.45, 7) is 9.49. The van der Waals surface area contributed by atoms with Crippen LogP contribution in [-0.2, 0) is 0 Å². The van der Waals surface area contributed by atoms with Crippen molar-refractivity contribution < 1.29 is 4.74 Å². The molecule has 0 unspecified atom stereocenters. The van der Waals surface area contributed by atoms with Crippen molar-refractivity contribution >= 4 is 29.8 Å². The summed E-state index contributed by atoms with van der Waals surface area (Å²) in [7, 11) is 0. The van der Waals surface area contributed by atoms with E-state index in [0.29, 0.717) is 0 Å². The average molecular weight is 428 g/mol. The van der Waals surface area contributed by atoms with E-state index >= 15 is 0 Å². The number of thiol groups is 1. The highest BCUT2D eigenvalue weighted by Gasteiger charge is 2.24. The summed E-state index contributed by atoms with van der Waals surface area (Å²) in [4.78, 5) is 10.4. The van der Waals surface area contributed by atoms with E-state index in [-0.39, 0.29) is 6.10 Å². The first-order valence-corrected chi connectivity index (χ1v) is 11.4. The van der Waals surface area contributed by atoms with Gasteiger partial charge in [0.2, 0.25) is 0 Å². The van der Waals surface area contributed by atoms with Gasteiger partial charge in [-0.15, -0.1) is 12.6 Å². The zero-order valence-corrected chi connectivity index (χ0v) is 18.9. The fraction of sp³-hybridized carbons (Fsp3) is 0.522. The normalized spacial score (nSPS) is 17.8. The lowest BCUT2D eigenvalue weighted by atomic mass is 9.85. The molecule has 0 amide bonds. The summed E-state index contributed by atoms with van der Waals surface area (Å²) >= 11 is 4.59. The second-order valence-corrected chi connectivity index (χ2v) is 9.13. The first kappa shape index (κ1) is 21.3. The van der Waals surface area contributed by atoms with Gasteiger partial charge < -0.3 is 9.64 Å². The van der Waals surface area contributed by atoms with Crippen molar-refractivity contribution in [1.29, 1.82) is 0 Å². The van der Waals surface area contributed by atoms with Crippen LogP contribution in [0.1, 0.15) is 33.1 Å². The molecule has 2 fully saturated rings. The second kappa shape index (κ2) is 9.45. The minimum atomic E-state index is 0.102. The number of rotatable bonds is 7. The highest BCUT2D eigenvalue weighted by atomic mass is 32.1. The predicted octanol–water partition coefficient (Wildman–Crippen LogP) is 4.09. The number of benzene rings is 1. The van der Waals surface area contributed by atoms with Gasteiger partial charge in [-0.1, -0.05) is 6.42 Å². The summed E-state index contributed by atoms with van der Waals surface area (Å²) in [5, 5.41) is 1.66. The third kappa shape index (κ3) is 5.02. The fourth-order valence-corrected chi connectivity index (χ4v) is 4.36. The van der Waals surface area contributed by atoms with Crippen LogP contribution in [0.4, 0.5) is 17.2 Å². The molecule has 1 aromatic heterocycles. The van der Waals surface area contributed by atoms with Gasteiger partial charge in [-0.25, -0.2) is 10.8 Å². The Bertz CT molecular complexity index is 849. The molecule has 2 aromatic rings. The quantitative estimate of drug-likeness (QED) is 0.394. The first-order valence-electron chi connectivity index (χ1n) is 11.0. The number of piperazine rings is 1. The molecule has 0 atom stereocenters. The lowest BCUT2D eigenvalue weighted by Gasteiger charge is -2.39. The zero-order valence-electron chi connectivity index (χ0n) is 18.0. The van der Waals surface area contributed by atoms with Crippen LogP contribution in [0.2, 0.25) is 0 Å². The van der Waals surface area contributed by atoms with Crippen molar-refractivity contribution in [3.05, 3.63) is 36.5 Å². The van der Waals surface area contributed by atoms with Crippen LogP contribution < -0.4 is 20.5 Å². The van der Waals surface area contributed by atoms with Gasteiger partial charge in [-0.05, 0) is 50.8 Å². The number of hydrogen-bond donors (Lipinski definition) is 2.